The number of para-hydroxylation sites is 1. The Morgan fingerprint density at radius 2 is 2.26 bits per heavy atom. The van der Waals surface area contributed by atoms with Gasteiger partial charge in [-0.15, -0.1) is 0 Å². The van der Waals surface area contributed by atoms with Crippen LogP contribution in [0.15, 0.2) is 18.2 Å². The van der Waals surface area contributed by atoms with Gasteiger partial charge in [0.2, 0.25) is 0 Å². The fourth-order valence-electron chi connectivity index (χ4n) is 1.89. The van der Waals surface area contributed by atoms with Crippen LogP contribution in [0.4, 0.5) is 0 Å². The van der Waals surface area contributed by atoms with E-state index in [0.717, 1.165) is 5.56 Å². The van der Waals surface area contributed by atoms with E-state index in [2.05, 4.69) is 0 Å². The maximum Gasteiger partial charge on any atom is 0.303 e. The summed E-state index contributed by atoms with van der Waals surface area (Å²) >= 11 is 6.14. The number of hydrogen-bond acceptors (Lipinski definition) is 3. The molecule has 1 saturated carbocycles. The predicted molar refractivity (Wildman–Crippen MR) is 73.5 cm³/mol. The first kappa shape index (κ1) is 14.2. The van der Waals surface area contributed by atoms with Crippen molar-refractivity contribution < 1.29 is 14.6 Å². The molecule has 1 aromatic rings. The largest absolute Gasteiger partial charge is 0.491 e. The van der Waals surface area contributed by atoms with Crippen LogP contribution in [0.5, 0.6) is 5.75 Å². The zero-order valence-corrected chi connectivity index (χ0v) is 11.4. The Kier molecular flexibility index (Phi) is 4.66. The fraction of sp³-hybridized carbons (Fsp3) is 0.500. The smallest absolute Gasteiger partial charge is 0.303 e. The molecule has 0 spiro atoms. The molecular formula is C14H18ClNO3. The van der Waals surface area contributed by atoms with Gasteiger partial charge >= 0.3 is 5.97 Å². The van der Waals surface area contributed by atoms with Gasteiger partial charge in [0.1, 0.15) is 5.75 Å². The molecule has 0 aromatic heterocycles. The Bertz CT molecular complexity index is 460. The minimum absolute atomic E-state index is 0.0374. The summed E-state index contributed by atoms with van der Waals surface area (Å²) in [5.41, 5.74) is 6.82. The van der Waals surface area contributed by atoms with E-state index >= 15 is 0 Å². The number of halogens is 1. The van der Waals surface area contributed by atoms with Gasteiger partial charge in [0.05, 0.1) is 11.6 Å². The van der Waals surface area contributed by atoms with Crippen LogP contribution >= 0.6 is 11.6 Å². The van der Waals surface area contributed by atoms with Crippen LogP contribution in [0.25, 0.3) is 0 Å². The number of carboxylic acids is 1. The van der Waals surface area contributed by atoms with Crippen molar-refractivity contribution in [3.05, 3.63) is 28.8 Å². The zero-order chi connectivity index (χ0) is 13.8. The van der Waals surface area contributed by atoms with Crippen LogP contribution in [-0.4, -0.2) is 17.7 Å². The molecule has 0 amide bonds. The van der Waals surface area contributed by atoms with Gasteiger partial charge < -0.3 is 15.6 Å². The Balaban J connectivity index is 2.08. The van der Waals surface area contributed by atoms with E-state index in [4.69, 9.17) is 27.2 Å². The molecule has 3 N–H and O–H groups in total. The lowest BCUT2D eigenvalue weighted by Gasteiger charge is -2.17. The van der Waals surface area contributed by atoms with E-state index < -0.39 is 5.97 Å². The average Bonchev–Trinajstić information content (AvgIpc) is 3.18. The first-order valence-corrected chi connectivity index (χ1v) is 6.84. The summed E-state index contributed by atoms with van der Waals surface area (Å²) in [4.78, 5) is 10.6. The van der Waals surface area contributed by atoms with Crippen LogP contribution in [0.3, 0.4) is 0 Å². The monoisotopic (exact) mass is 283 g/mol. The van der Waals surface area contributed by atoms with Crippen molar-refractivity contribution in [3.63, 3.8) is 0 Å². The molecule has 1 aliphatic rings. The maximum atomic E-state index is 10.6. The molecule has 2 rings (SSSR count). The predicted octanol–water partition coefficient (Wildman–Crippen LogP) is 2.99. The third-order valence-electron chi connectivity index (χ3n) is 3.23. The van der Waals surface area contributed by atoms with Crippen molar-refractivity contribution >= 4 is 17.6 Å². The number of carboxylic acid groups (broad SMARTS) is 1. The van der Waals surface area contributed by atoms with E-state index in [1.807, 2.05) is 12.1 Å². The van der Waals surface area contributed by atoms with Crippen molar-refractivity contribution in [2.45, 2.75) is 31.7 Å². The van der Waals surface area contributed by atoms with E-state index in [1.54, 1.807) is 6.07 Å². The van der Waals surface area contributed by atoms with Gasteiger partial charge in [-0.05, 0) is 31.2 Å². The summed E-state index contributed by atoms with van der Waals surface area (Å²) in [6, 6.07) is 5.05. The van der Waals surface area contributed by atoms with E-state index in [1.165, 1.54) is 12.8 Å². The Morgan fingerprint density at radius 3 is 2.89 bits per heavy atom. The Morgan fingerprint density at radius 1 is 1.53 bits per heavy atom. The van der Waals surface area contributed by atoms with Crippen molar-refractivity contribution in [1.29, 1.82) is 0 Å². The second-order valence-electron chi connectivity index (χ2n) is 4.95. The second-order valence-corrected chi connectivity index (χ2v) is 5.36. The molecule has 1 atom stereocenters. The minimum atomic E-state index is -0.849. The van der Waals surface area contributed by atoms with Gasteiger partial charge in [-0.1, -0.05) is 23.7 Å². The number of rotatable bonds is 7. The SMILES string of the molecule is NC(CCC(=O)O)c1cccc(Cl)c1OCC1CC1. The summed E-state index contributed by atoms with van der Waals surface area (Å²) in [5.74, 6) is 0.381. The highest BCUT2D eigenvalue weighted by molar-refractivity contribution is 6.32. The van der Waals surface area contributed by atoms with Crippen LogP contribution in [0.1, 0.15) is 37.3 Å². The minimum Gasteiger partial charge on any atom is -0.491 e. The molecule has 1 aromatic carbocycles. The lowest BCUT2D eigenvalue weighted by atomic mass is 10.0. The quantitative estimate of drug-likeness (QED) is 0.807. The number of nitrogens with two attached hydrogens (primary N) is 1. The van der Waals surface area contributed by atoms with E-state index in [-0.39, 0.29) is 12.5 Å². The highest BCUT2D eigenvalue weighted by Crippen LogP contribution is 2.36. The summed E-state index contributed by atoms with van der Waals surface area (Å²) in [7, 11) is 0. The van der Waals surface area contributed by atoms with Crippen LogP contribution in [-0.2, 0) is 4.79 Å². The number of benzene rings is 1. The standard InChI is InChI=1S/C14H18ClNO3/c15-11-3-1-2-10(12(16)6-7-13(17)18)14(11)19-8-9-4-5-9/h1-3,9,12H,4-8,16H2,(H,17,18). The summed E-state index contributed by atoms with van der Waals surface area (Å²) in [6.45, 7) is 0.655. The first-order valence-electron chi connectivity index (χ1n) is 6.46. The Labute approximate surface area is 117 Å². The number of ether oxygens (including phenoxy) is 1. The molecule has 5 heteroatoms. The molecule has 0 heterocycles. The van der Waals surface area contributed by atoms with Gasteiger partial charge in [0.25, 0.3) is 0 Å². The highest BCUT2D eigenvalue weighted by Gasteiger charge is 2.24. The third kappa shape index (κ3) is 4.11. The molecule has 4 nitrogen and oxygen atoms in total. The van der Waals surface area contributed by atoms with Gasteiger partial charge in [0, 0.05) is 18.0 Å². The number of carbonyl (C=O) groups is 1. The third-order valence-corrected chi connectivity index (χ3v) is 3.52. The van der Waals surface area contributed by atoms with Gasteiger partial charge in [-0.3, -0.25) is 4.79 Å². The van der Waals surface area contributed by atoms with Crippen LogP contribution < -0.4 is 10.5 Å². The highest BCUT2D eigenvalue weighted by atomic mass is 35.5. The fourth-order valence-corrected chi connectivity index (χ4v) is 2.13. The van der Waals surface area contributed by atoms with Crippen molar-refractivity contribution in [1.82, 2.24) is 0 Å². The molecule has 0 aliphatic heterocycles. The van der Waals surface area contributed by atoms with Crippen molar-refractivity contribution in [2.75, 3.05) is 6.61 Å². The van der Waals surface area contributed by atoms with E-state index in [9.17, 15) is 4.79 Å². The first-order chi connectivity index (χ1) is 9.08. The molecular weight excluding hydrogens is 266 g/mol. The van der Waals surface area contributed by atoms with Crippen LogP contribution in [0.2, 0.25) is 5.02 Å². The normalized spacial score (nSPS) is 16.1. The molecule has 19 heavy (non-hydrogen) atoms. The lowest BCUT2D eigenvalue weighted by molar-refractivity contribution is -0.137. The van der Waals surface area contributed by atoms with E-state index in [0.29, 0.717) is 29.7 Å². The lowest BCUT2D eigenvalue weighted by Crippen LogP contribution is -2.14. The van der Waals surface area contributed by atoms with Crippen molar-refractivity contribution in [2.24, 2.45) is 11.7 Å². The average molecular weight is 284 g/mol. The molecule has 0 radical (unpaired) electrons. The number of aliphatic carboxylic acids is 1. The number of hydrogen-bond donors (Lipinski definition) is 2. The molecule has 1 fully saturated rings. The van der Waals surface area contributed by atoms with Crippen molar-refractivity contribution in [3.8, 4) is 5.75 Å². The molecule has 0 bridgehead atoms. The molecule has 1 unspecified atom stereocenters. The van der Waals surface area contributed by atoms with Gasteiger partial charge in [-0.2, -0.15) is 0 Å². The van der Waals surface area contributed by atoms with Gasteiger partial charge in [-0.25, -0.2) is 0 Å². The van der Waals surface area contributed by atoms with Gasteiger partial charge in [0.15, 0.2) is 0 Å². The summed E-state index contributed by atoms with van der Waals surface area (Å²) in [6.07, 6.45) is 2.81. The molecule has 0 saturated heterocycles. The summed E-state index contributed by atoms with van der Waals surface area (Å²) < 4.78 is 5.76. The van der Waals surface area contributed by atoms with Crippen LogP contribution in [0, 0.1) is 5.92 Å². The Hall–Kier alpha value is -1.26. The second kappa shape index (κ2) is 6.26. The molecule has 104 valence electrons. The topological polar surface area (TPSA) is 72.6 Å². The molecule has 1 aliphatic carbocycles. The maximum absolute atomic E-state index is 10.6. The summed E-state index contributed by atoms with van der Waals surface area (Å²) in [5, 5.41) is 9.24. The zero-order valence-electron chi connectivity index (χ0n) is 10.6.